The van der Waals surface area contributed by atoms with Crippen molar-refractivity contribution in [2.75, 3.05) is 17.2 Å². The third-order valence-electron chi connectivity index (χ3n) is 6.36. The lowest BCUT2D eigenvalue weighted by molar-refractivity contribution is -0.116. The highest BCUT2D eigenvalue weighted by Crippen LogP contribution is 2.35. The molecule has 0 fully saturated rings. The van der Waals surface area contributed by atoms with E-state index in [1.165, 1.54) is 28.6 Å². The van der Waals surface area contributed by atoms with Gasteiger partial charge in [-0.2, -0.15) is 0 Å². The Morgan fingerprint density at radius 1 is 1.12 bits per heavy atom. The maximum absolute atomic E-state index is 13.3. The minimum Gasteiger partial charge on any atom is -0.311 e. The van der Waals surface area contributed by atoms with Gasteiger partial charge in [0, 0.05) is 23.4 Å². The number of thiophene rings is 1. The summed E-state index contributed by atoms with van der Waals surface area (Å²) in [7, 11) is 0. The number of aryl methyl sites for hydroxylation is 2. The molecule has 33 heavy (non-hydrogen) atoms. The summed E-state index contributed by atoms with van der Waals surface area (Å²) < 4.78 is 1.73. The molecule has 0 atom stereocenters. The van der Waals surface area contributed by atoms with Crippen LogP contribution in [-0.2, 0) is 24.2 Å². The first-order valence-corrected chi connectivity index (χ1v) is 13.4. The van der Waals surface area contributed by atoms with Gasteiger partial charge in [-0.25, -0.2) is 4.98 Å². The highest BCUT2D eigenvalue weighted by Gasteiger charge is 2.23. The second-order valence-corrected chi connectivity index (χ2v) is 10.3. The first kappa shape index (κ1) is 22.2. The maximum Gasteiger partial charge on any atom is 0.263 e. The van der Waals surface area contributed by atoms with Gasteiger partial charge >= 0.3 is 0 Å². The summed E-state index contributed by atoms with van der Waals surface area (Å²) >= 11 is 3.02. The monoisotopic (exact) mass is 477 g/mol. The van der Waals surface area contributed by atoms with E-state index in [4.69, 9.17) is 4.98 Å². The van der Waals surface area contributed by atoms with Gasteiger partial charge in [0.2, 0.25) is 5.91 Å². The standard InChI is InChI=1S/C26H27N3O2S2/c1-3-28(20-14-9-11-17-10-5-6-12-18(17)20)22(30)16-32-26-27-24-23(25(31)29(26)4-2)19-13-7-8-15-21(19)33-24/h5-6,9-12,14H,3-4,7-8,13,15-16H2,1-2H3. The van der Waals surface area contributed by atoms with Crippen LogP contribution in [0.15, 0.2) is 52.4 Å². The zero-order valence-electron chi connectivity index (χ0n) is 19.0. The zero-order chi connectivity index (χ0) is 22.9. The molecule has 1 aliphatic rings. The number of thioether (sulfide) groups is 1. The van der Waals surface area contributed by atoms with Gasteiger partial charge in [0.1, 0.15) is 4.83 Å². The van der Waals surface area contributed by atoms with Gasteiger partial charge in [0.25, 0.3) is 5.56 Å². The Kier molecular flexibility index (Phi) is 6.25. The first-order chi connectivity index (χ1) is 16.1. The summed E-state index contributed by atoms with van der Waals surface area (Å²) in [5.41, 5.74) is 2.17. The van der Waals surface area contributed by atoms with Crippen LogP contribution in [0.5, 0.6) is 0 Å². The molecule has 2 heterocycles. The number of aromatic nitrogens is 2. The van der Waals surface area contributed by atoms with E-state index in [0.29, 0.717) is 18.2 Å². The molecular weight excluding hydrogens is 450 g/mol. The minimum absolute atomic E-state index is 0.0151. The van der Waals surface area contributed by atoms with Crippen LogP contribution in [0.1, 0.15) is 37.1 Å². The molecule has 0 spiro atoms. The number of amides is 1. The Labute approximate surface area is 201 Å². The molecule has 0 N–H and O–H groups in total. The topological polar surface area (TPSA) is 55.2 Å². The van der Waals surface area contributed by atoms with E-state index in [-0.39, 0.29) is 17.2 Å². The molecule has 5 nitrogen and oxygen atoms in total. The van der Waals surface area contributed by atoms with Crippen molar-refractivity contribution in [3.05, 3.63) is 63.3 Å². The summed E-state index contributed by atoms with van der Waals surface area (Å²) in [5, 5.41) is 3.62. The molecule has 0 saturated carbocycles. The lowest BCUT2D eigenvalue weighted by Crippen LogP contribution is -2.32. The first-order valence-electron chi connectivity index (χ1n) is 11.6. The summed E-state index contributed by atoms with van der Waals surface area (Å²) in [6.45, 7) is 5.09. The van der Waals surface area contributed by atoms with Crippen LogP contribution < -0.4 is 10.5 Å². The van der Waals surface area contributed by atoms with Gasteiger partial charge in [-0.15, -0.1) is 11.3 Å². The Balaban J connectivity index is 1.45. The molecule has 1 amide bonds. The van der Waals surface area contributed by atoms with E-state index < -0.39 is 0 Å². The van der Waals surface area contributed by atoms with Crippen molar-refractivity contribution in [3.63, 3.8) is 0 Å². The minimum atomic E-state index is 0.0151. The summed E-state index contributed by atoms with van der Waals surface area (Å²) in [6.07, 6.45) is 4.33. The highest BCUT2D eigenvalue weighted by molar-refractivity contribution is 7.99. The lowest BCUT2D eigenvalue weighted by atomic mass is 9.97. The van der Waals surface area contributed by atoms with Crippen LogP contribution in [0.25, 0.3) is 21.0 Å². The summed E-state index contributed by atoms with van der Waals surface area (Å²) in [6, 6.07) is 14.2. The Bertz CT molecular complexity index is 1400. The number of nitrogens with zero attached hydrogens (tertiary/aromatic N) is 3. The molecule has 0 unspecified atom stereocenters. The summed E-state index contributed by atoms with van der Waals surface area (Å²) in [5.74, 6) is 0.251. The fourth-order valence-electron chi connectivity index (χ4n) is 4.74. The second kappa shape index (κ2) is 9.31. The predicted octanol–water partition coefficient (Wildman–Crippen LogP) is 5.66. The zero-order valence-corrected chi connectivity index (χ0v) is 20.6. The Morgan fingerprint density at radius 3 is 2.73 bits per heavy atom. The van der Waals surface area contributed by atoms with Gasteiger partial charge in [-0.05, 0) is 56.5 Å². The summed E-state index contributed by atoms with van der Waals surface area (Å²) in [4.78, 5) is 35.5. The molecule has 5 rings (SSSR count). The quantitative estimate of drug-likeness (QED) is 0.266. The van der Waals surface area contributed by atoms with Crippen molar-refractivity contribution < 1.29 is 4.79 Å². The molecule has 2 aromatic carbocycles. The molecule has 170 valence electrons. The van der Waals surface area contributed by atoms with Gasteiger partial charge in [0.05, 0.1) is 16.8 Å². The molecule has 4 aromatic rings. The van der Waals surface area contributed by atoms with Crippen molar-refractivity contribution in [2.45, 2.75) is 51.2 Å². The van der Waals surface area contributed by atoms with Crippen molar-refractivity contribution in [1.82, 2.24) is 9.55 Å². The van der Waals surface area contributed by atoms with Gasteiger partial charge in [-0.3, -0.25) is 14.2 Å². The predicted molar refractivity (Wildman–Crippen MR) is 139 cm³/mol. The number of hydrogen-bond donors (Lipinski definition) is 0. The number of anilines is 1. The van der Waals surface area contributed by atoms with E-state index in [1.54, 1.807) is 15.9 Å². The van der Waals surface area contributed by atoms with Gasteiger partial charge in [0.15, 0.2) is 5.16 Å². The second-order valence-electron chi connectivity index (χ2n) is 8.26. The number of hydrogen-bond acceptors (Lipinski definition) is 5. The Hall–Kier alpha value is -2.64. The van der Waals surface area contributed by atoms with E-state index >= 15 is 0 Å². The van der Waals surface area contributed by atoms with Gasteiger partial charge < -0.3 is 4.90 Å². The normalized spacial score (nSPS) is 13.4. The molecular formula is C26H27N3O2S2. The van der Waals surface area contributed by atoms with E-state index in [9.17, 15) is 9.59 Å². The van der Waals surface area contributed by atoms with E-state index in [0.717, 1.165) is 45.9 Å². The highest BCUT2D eigenvalue weighted by atomic mass is 32.2. The van der Waals surface area contributed by atoms with Crippen LogP contribution >= 0.6 is 23.1 Å². The smallest absolute Gasteiger partial charge is 0.263 e. The maximum atomic E-state index is 13.3. The average Bonchev–Trinajstić information content (AvgIpc) is 3.22. The van der Waals surface area contributed by atoms with Crippen molar-refractivity contribution in [1.29, 1.82) is 0 Å². The van der Waals surface area contributed by atoms with E-state index in [1.807, 2.05) is 43.0 Å². The number of carbonyl (C=O) groups excluding carboxylic acids is 1. The molecule has 0 radical (unpaired) electrons. The molecule has 0 saturated heterocycles. The molecule has 2 aromatic heterocycles. The third kappa shape index (κ3) is 3.97. The fraction of sp³-hybridized carbons (Fsp3) is 0.346. The Morgan fingerprint density at radius 2 is 1.91 bits per heavy atom. The molecule has 0 aliphatic heterocycles. The van der Waals surface area contributed by atoms with Crippen molar-refractivity contribution in [2.24, 2.45) is 0 Å². The SMILES string of the molecule is CCN(C(=O)CSc1nc2sc3c(c2c(=O)n1CC)CCCC3)c1cccc2ccccc12. The number of fused-ring (bicyclic) bond motifs is 4. The molecule has 0 bridgehead atoms. The van der Waals surface area contributed by atoms with Crippen LogP contribution in [-0.4, -0.2) is 27.8 Å². The van der Waals surface area contributed by atoms with Crippen LogP contribution in [0.4, 0.5) is 5.69 Å². The number of benzene rings is 2. The van der Waals surface area contributed by atoms with Crippen molar-refractivity contribution in [3.8, 4) is 0 Å². The van der Waals surface area contributed by atoms with Gasteiger partial charge in [-0.1, -0.05) is 48.2 Å². The lowest BCUT2D eigenvalue weighted by Gasteiger charge is -2.23. The van der Waals surface area contributed by atoms with Crippen LogP contribution in [0.2, 0.25) is 0 Å². The third-order valence-corrected chi connectivity index (χ3v) is 8.50. The number of rotatable bonds is 6. The largest absolute Gasteiger partial charge is 0.311 e. The van der Waals surface area contributed by atoms with Crippen LogP contribution in [0, 0.1) is 0 Å². The molecule has 7 heteroatoms. The average molecular weight is 478 g/mol. The van der Waals surface area contributed by atoms with Crippen molar-refractivity contribution >= 4 is 55.7 Å². The van der Waals surface area contributed by atoms with E-state index in [2.05, 4.69) is 18.2 Å². The van der Waals surface area contributed by atoms with Crippen LogP contribution in [0.3, 0.4) is 0 Å². The fourth-order valence-corrected chi connectivity index (χ4v) is 6.98. The molecule has 1 aliphatic carbocycles. The number of carbonyl (C=O) groups is 1.